The van der Waals surface area contributed by atoms with Gasteiger partial charge in [0.1, 0.15) is 11.2 Å². The molecule has 0 saturated carbocycles. The maximum Gasteiger partial charge on any atom is 0.375 e. The summed E-state index contributed by atoms with van der Waals surface area (Å²) in [4.78, 5) is 34.1. The van der Waals surface area contributed by atoms with E-state index in [1.807, 2.05) is 0 Å². The average molecular weight is 258 g/mol. The summed E-state index contributed by atoms with van der Waals surface area (Å²) in [5.41, 5.74) is -1.30. The van der Waals surface area contributed by atoms with Gasteiger partial charge >= 0.3 is 11.9 Å². The van der Waals surface area contributed by atoms with Crippen LogP contribution in [0.5, 0.6) is 0 Å². The Morgan fingerprint density at radius 1 is 0.778 bits per heavy atom. The largest absolute Gasteiger partial charge is 0.460 e. The molecule has 0 saturated heterocycles. The van der Waals surface area contributed by atoms with Gasteiger partial charge in [-0.2, -0.15) is 0 Å². The molecule has 0 atom stereocenters. The van der Waals surface area contributed by atoms with E-state index in [-0.39, 0.29) is 12.8 Å². The number of rotatable bonds is 4. The molecule has 0 aromatic carbocycles. The molecule has 0 heterocycles. The van der Waals surface area contributed by atoms with Gasteiger partial charge in [-0.05, 0) is 41.5 Å². The predicted octanol–water partition coefficient (Wildman–Crippen LogP) is 2.02. The second-order valence-electron chi connectivity index (χ2n) is 6.01. The zero-order valence-electron chi connectivity index (χ0n) is 12.0. The van der Waals surface area contributed by atoms with Gasteiger partial charge in [-0.1, -0.05) is 0 Å². The average Bonchev–Trinajstić information content (AvgIpc) is 2.08. The Morgan fingerprint density at radius 2 is 1.22 bits per heavy atom. The molecule has 0 aromatic rings. The number of hydrogen-bond donors (Lipinski definition) is 0. The van der Waals surface area contributed by atoms with Crippen molar-refractivity contribution in [1.29, 1.82) is 0 Å². The molecular formula is C13H22O5. The second kappa shape index (κ2) is 5.98. The third kappa shape index (κ3) is 8.73. The summed E-state index contributed by atoms with van der Waals surface area (Å²) in [6.07, 6.45) is -0.306. The summed E-state index contributed by atoms with van der Waals surface area (Å²) in [6, 6.07) is 0. The molecule has 0 rings (SSSR count). The number of ketones is 1. The van der Waals surface area contributed by atoms with Crippen molar-refractivity contribution in [1.82, 2.24) is 0 Å². The van der Waals surface area contributed by atoms with Crippen molar-refractivity contribution in [3.63, 3.8) is 0 Å². The highest BCUT2D eigenvalue weighted by Crippen LogP contribution is 2.11. The lowest BCUT2D eigenvalue weighted by atomic mass is 10.1. The summed E-state index contributed by atoms with van der Waals surface area (Å²) in [6.45, 7) is 10.2. The van der Waals surface area contributed by atoms with Crippen LogP contribution < -0.4 is 0 Å². The fourth-order valence-corrected chi connectivity index (χ4v) is 1.05. The highest BCUT2D eigenvalue weighted by atomic mass is 16.6. The molecule has 0 unspecified atom stereocenters. The van der Waals surface area contributed by atoms with E-state index in [2.05, 4.69) is 0 Å². The van der Waals surface area contributed by atoms with Crippen LogP contribution in [0, 0.1) is 0 Å². The molecule has 5 heteroatoms. The Hall–Kier alpha value is -1.39. The van der Waals surface area contributed by atoms with E-state index in [0.717, 1.165) is 0 Å². The van der Waals surface area contributed by atoms with Crippen molar-refractivity contribution in [2.24, 2.45) is 0 Å². The molecule has 18 heavy (non-hydrogen) atoms. The molecule has 0 aliphatic carbocycles. The first-order valence-electron chi connectivity index (χ1n) is 5.89. The van der Waals surface area contributed by atoms with Crippen LogP contribution in [0.1, 0.15) is 54.4 Å². The van der Waals surface area contributed by atoms with Gasteiger partial charge in [0.15, 0.2) is 0 Å². The van der Waals surface area contributed by atoms with E-state index < -0.39 is 28.9 Å². The maximum absolute atomic E-state index is 11.4. The Morgan fingerprint density at radius 3 is 1.61 bits per heavy atom. The first kappa shape index (κ1) is 16.6. The SMILES string of the molecule is CC(C)(C)OC(=O)CCC(=O)C(=O)OC(C)(C)C. The summed E-state index contributed by atoms with van der Waals surface area (Å²) in [5.74, 6) is -2.12. The summed E-state index contributed by atoms with van der Waals surface area (Å²) < 4.78 is 9.92. The zero-order valence-corrected chi connectivity index (χ0v) is 12.0. The molecule has 0 aromatic heterocycles. The van der Waals surface area contributed by atoms with Gasteiger partial charge in [-0.25, -0.2) is 4.79 Å². The van der Waals surface area contributed by atoms with Crippen molar-refractivity contribution in [2.75, 3.05) is 0 Å². The third-order valence-corrected chi connectivity index (χ3v) is 1.60. The smallest absolute Gasteiger partial charge is 0.375 e. The molecule has 0 spiro atoms. The maximum atomic E-state index is 11.4. The van der Waals surface area contributed by atoms with Crippen molar-refractivity contribution in [2.45, 2.75) is 65.6 Å². The fraction of sp³-hybridized carbons (Fsp3) is 0.769. The van der Waals surface area contributed by atoms with Gasteiger partial charge in [0.25, 0.3) is 0 Å². The number of hydrogen-bond acceptors (Lipinski definition) is 5. The van der Waals surface area contributed by atoms with E-state index in [4.69, 9.17) is 9.47 Å². The molecule has 104 valence electrons. The summed E-state index contributed by atoms with van der Waals surface area (Å²) >= 11 is 0. The van der Waals surface area contributed by atoms with Gasteiger partial charge < -0.3 is 9.47 Å². The number of carbonyl (C=O) groups excluding carboxylic acids is 3. The zero-order chi connectivity index (χ0) is 14.6. The minimum absolute atomic E-state index is 0.116. The highest BCUT2D eigenvalue weighted by Gasteiger charge is 2.24. The first-order chi connectivity index (χ1) is 7.91. The Labute approximate surface area is 108 Å². The quantitative estimate of drug-likeness (QED) is 0.570. The van der Waals surface area contributed by atoms with Crippen molar-refractivity contribution in [3.05, 3.63) is 0 Å². The molecule has 0 aliphatic heterocycles. The number of carbonyl (C=O) groups is 3. The van der Waals surface area contributed by atoms with Crippen molar-refractivity contribution < 1.29 is 23.9 Å². The minimum atomic E-state index is -0.911. The van der Waals surface area contributed by atoms with Crippen molar-refractivity contribution >= 4 is 17.7 Å². The third-order valence-electron chi connectivity index (χ3n) is 1.60. The van der Waals surface area contributed by atoms with Gasteiger partial charge in [-0.15, -0.1) is 0 Å². The van der Waals surface area contributed by atoms with E-state index >= 15 is 0 Å². The van der Waals surface area contributed by atoms with Crippen LogP contribution in [0.25, 0.3) is 0 Å². The van der Waals surface area contributed by atoms with Gasteiger partial charge in [0, 0.05) is 6.42 Å². The van der Waals surface area contributed by atoms with Gasteiger partial charge in [-0.3, -0.25) is 9.59 Å². The first-order valence-corrected chi connectivity index (χ1v) is 5.89. The second-order valence-corrected chi connectivity index (χ2v) is 6.01. The summed E-state index contributed by atoms with van der Waals surface area (Å²) in [5, 5.41) is 0. The predicted molar refractivity (Wildman–Crippen MR) is 65.9 cm³/mol. The standard InChI is InChI=1S/C13H22O5/c1-12(2,3)17-10(15)8-7-9(14)11(16)18-13(4,5)6/h7-8H2,1-6H3. The normalized spacial score (nSPS) is 11.9. The van der Waals surface area contributed by atoms with Crippen LogP contribution in [0.15, 0.2) is 0 Å². The van der Waals surface area contributed by atoms with E-state index in [9.17, 15) is 14.4 Å². The number of ether oxygens (including phenoxy) is 2. The molecular weight excluding hydrogens is 236 g/mol. The molecule has 0 aliphatic rings. The van der Waals surface area contributed by atoms with Crippen molar-refractivity contribution in [3.8, 4) is 0 Å². The van der Waals surface area contributed by atoms with E-state index in [1.165, 1.54) is 0 Å². The molecule has 0 bridgehead atoms. The minimum Gasteiger partial charge on any atom is -0.460 e. The van der Waals surface area contributed by atoms with Crippen LogP contribution in [0.4, 0.5) is 0 Å². The molecule has 0 amide bonds. The monoisotopic (exact) mass is 258 g/mol. The molecule has 0 radical (unpaired) electrons. The highest BCUT2D eigenvalue weighted by molar-refractivity contribution is 6.33. The van der Waals surface area contributed by atoms with Crippen LogP contribution in [0.2, 0.25) is 0 Å². The Kier molecular flexibility index (Phi) is 5.52. The number of esters is 2. The van der Waals surface area contributed by atoms with Crippen LogP contribution in [0.3, 0.4) is 0 Å². The topological polar surface area (TPSA) is 69.7 Å². The Bertz CT molecular complexity index is 330. The molecule has 5 nitrogen and oxygen atoms in total. The van der Waals surface area contributed by atoms with E-state index in [1.54, 1.807) is 41.5 Å². The lowest BCUT2D eigenvalue weighted by molar-refractivity contribution is -0.163. The van der Waals surface area contributed by atoms with Gasteiger partial charge in [0.05, 0.1) is 6.42 Å². The number of Topliss-reactive ketones (excluding diaryl/α,β-unsaturated/α-hetero) is 1. The van der Waals surface area contributed by atoms with E-state index in [0.29, 0.717) is 0 Å². The Balaban J connectivity index is 4.12. The fourth-order valence-electron chi connectivity index (χ4n) is 1.05. The molecule has 0 N–H and O–H groups in total. The van der Waals surface area contributed by atoms with Crippen LogP contribution >= 0.6 is 0 Å². The lowest BCUT2D eigenvalue weighted by Gasteiger charge is -2.20. The van der Waals surface area contributed by atoms with Crippen LogP contribution in [-0.4, -0.2) is 28.9 Å². The van der Waals surface area contributed by atoms with Crippen LogP contribution in [-0.2, 0) is 23.9 Å². The molecule has 0 fully saturated rings. The lowest BCUT2D eigenvalue weighted by Crippen LogP contribution is -2.29. The van der Waals surface area contributed by atoms with Gasteiger partial charge in [0.2, 0.25) is 5.78 Å². The summed E-state index contributed by atoms with van der Waals surface area (Å²) in [7, 11) is 0.